The van der Waals surface area contributed by atoms with Crippen LogP contribution in [0.1, 0.15) is 30.9 Å². The highest BCUT2D eigenvalue weighted by molar-refractivity contribution is 14.0. The van der Waals surface area contributed by atoms with E-state index in [1.807, 2.05) is 0 Å². The summed E-state index contributed by atoms with van der Waals surface area (Å²) in [6.45, 7) is 5.94. The minimum absolute atomic E-state index is 0. The fourth-order valence-corrected chi connectivity index (χ4v) is 1.63. The van der Waals surface area contributed by atoms with Crippen LogP contribution in [0.5, 0.6) is 0 Å². The summed E-state index contributed by atoms with van der Waals surface area (Å²) in [5, 5.41) is 3.14. The predicted octanol–water partition coefficient (Wildman–Crippen LogP) is 2.86. The van der Waals surface area contributed by atoms with Crippen molar-refractivity contribution in [2.45, 2.75) is 33.1 Å². The van der Waals surface area contributed by atoms with Crippen molar-refractivity contribution in [2.24, 2.45) is 10.7 Å². The molecule has 0 aliphatic rings. The summed E-state index contributed by atoms with van der Waals surface area (Å²) < 4.78 is 0. The number of hydrogen-bond acceptors (Lipinski definition) is 1. The molecule has 1 rings (SSSR count). The highest BCUT2D eigenvalue weighted by Crippen LogP contribution is 2.06. The van der Waals surface area contributed by atoms with Gasteiger partial charge in [-0.3, -0.25) is 4.99 Å². The highest BCUT2D eigenvalue weighted by Gasteiger charge is 1.97. The maximum atomic E-state index is 5.76. The standard InChI is InChI=1S/C14H23N3.HI/c1-3-4-10-16-14(15)17-11-9-13-8-6-5-7-12(13)2;/h5-8H,3-4,9-11H2,1-2H3,(H3,15,16,17);1H. The predicted molar refractivity (Wildman–Crippen MR) is 89.7 cm³/mol. The molecule has 0 bridgehead atoms. The van der Waals surface area contributed by atoms with E-state index in [0.717, 1.165) is 32.4 Å². The van der Waals surface area contributed by atoms with Gasteiger partial charge in [0.25, 0.3) is 0 Å². The van der Waals surface area contributed by atoms with Crippen molar-refractivity contribution in [1.29, 1.82) is 0 Å². The Morgan fingerprint density at radius 3 is 2.72 bits per heavy atom. The maximum absolute atomic E-state index is 5.76. The molecule has 0 saturated heterocycles. The molecule has 0 unspecified atom stereocenters. The fourth-order valence-electron chi connectivity index (χ4n) is 1.63. The molecule has 1 aromatic rings. The van der Waals surface area contributed by atoms with Gasteiger partial charge in [0, 0.05) is 13.1 Å². The molecule has 0 radical (unpaired) electrons. The summed E-state index contributed by atoms with van der Waals surface area (Å²) in [5.74, 6) is 0.562. The van der Waals surface area contributed by atoms with Crippen molar-refractivity contribution in [1.82, 2.24) is 5.32 Å². The Morgan fingerprint density at radius 2 is 2.06 bits per heavy atom. The number of unbranched alkanes of at least 4 members (excludes halogenated alkanes) is 1. The Bertz CT molecular complexity index is 364. The van der Waals surface area contributed by atoms with E-state index >= 15 is 0 Å². The van der Waals surface area contributed by atoms with E-state index < -0.39 is 0 Å². The molecule has 0 amide bonds. The zero-order valence-corrected chi connectivity index (χ0v) is 13.6. The molecule has 3 nitrogen and oxygen atoms in total. The second-order valence-corrected chi connectivity index (χ2v) is 4.22. The summed E-state index contributed by atoms with van der Waals surface area (Å²) in [5.41, 5.74) is 8.45. The molecule has 0 heterocycles. The second-order valence-electron chi connectivity index (χ2n) is 4.22. The summed E-state index contributed by atoms with van der Waals surface area (Å²) in [7, 11) is 0. The minimum Gasteiger partial charge on any atom is -0.370 e. The van der Waals surface area contributed by atoms with Crippen molar-refractivity contribution in [3.05, 3.63) is 35.4 Å². The van der Waals surface area contributed by atoms with Crippen LogP contribution in [0.2, 0.25) is 0 Å². The third-order valence-corrected chi connectivity index (χ3v) is 2.76. The number of benzene rings is 1. The monoisotopic (exact) mass is 361 g/mol. The van der Waals surface area contributed by atoms with E-state index in [-0.39, 0.29) is 24.0 Å². The Hall–Kier alpha value is -0.780. The highest BCUT2D eigenvalue weighted by atomic mass is 127. The lowest BCUT2D eigenvalue weighted by molar-refractivity contribution is 0.790. The molecule has 0 aliphatic heterocycles. The van der Waals surface area contributed by atoms with Crippen molar-refractivity contribution < 1.29 is 0 Å². The molecule has 0 atom stereocenters. The van der Waals surface area contributed by atoms with E-state index in [0.29, 0.717) is 5.96 Å². The van der Waals surface area contributed by atoms with E-state index in [4.69, 9.17) is 5.73 Å². The second kappa shape index (κ2) is 10.2. The van der Waals surface area contributed by atoms with Crippen LogP contribution in [0.4, 0.5) is 0 Å². The van der Waals surface area contributed by atoms with Crippen LogP contribution in [0.25, 0.3) is 0 Å². The normalized spacial score (nSPS) is 10.9. The zero-order valence-electron chi connectivity index (χ0n) is 11.3. The van der Waals surface area contributed by atoms with Crippen LogP contribution in [0.3, 0.4) is 0 Å². The van der Waals surface area contributed by atoms with Gasteiger partial charge in [0.15, 0.2) is 5.96 Å². The number of aliphatic imine (C=N–C) groups is 1. The Balaban J connectivity index is 0.00000289. The topological polar surface area (TPSA) is 50.4 Å². The summed E-state index contributed by atoms with van der Waals surface area (Å²) in [4.78, 5) is 4.25. The number of halogens is 1. The van der Waals surface area contributed by atoms with Gasteiger partial charge in [-0.05, 0) is 30.9 Å². The largest absolute Gasteiger partial charge is 0.370 e. The number of hydrogen-bond donors (Lipinski definition) is 2. The first-order valence-electron chi connectivity index (χ1n) is 6.32. The summed E-state index contributed by atoms with van der Waals surface area (Å²) in [6.07, 6.45) is 3.23. The molecule has 18 heavy (non-hydrogen) atoms. The lowest BCUT2D eigenvalue weighted by Gasteiger charge is -2.07. The molecular formula is C14H24IN3. The third-order valence-electron chi connectivity index (χ3n) is 2.76. The summed E-state index contributed by atoms with van der Waals surface area (Å²) in [6, 6.07) is 8.42. The van der Waals surface area contributed by atoms with Crippen molar-refractivity contribution >= 4 is 29.9 Å². The van der Waals surface area contributed by atoms with E-state index in [1.54, 1.807) is 0 Å². The van der Waals surface area contributed by atoms with E-state index in [9.17, 15) is 0 Å². The number of aryl methyl sites for hydroxylation is 1. The number of rotatable bonds is 6. The molecule has 3 N–H and O–H groups in total. The molecule has 4 heteroatoms. The number of nitrogens with zero attached hydrogens (tertiary/aromatic N) is 1. The Morgan fingerprint density at radius 1 is 1.33 bits per heavy atom. The van der Waals surface area contributed by atoms with E-state index in [2.05, 4.69) is 48.4 Å². The van der Waals surface area contributed by atoms with Crippen LogP contribution in [0.15, 0.2) is 29.3 Å². The minimum atomic E-state index is 0. The van der Waals surface area contributed by atoms with E-state index in [1.165, 1.54) is 11.1 Å². The summed E-state index contributed by atoms with van der Waals surface area (Å²) >= 11 is 0. The number of guanidine groups is 1. The van der Waals surface area contributed by atoms with Gasteiger partial charge in [-0.1, -0.05) is 37.6 Å². The van der Waals surface area contributed by atoms with Crippen LogP contribution >= 0.6 is 24.0 Å². The molecule has 0 aliphatic carbocycles. The smallest absolute Gasteiger partial charge is 0.188 e. The van der Waals surface area contributed by atoms with Gasteiger partial charge in [0.2, 0.25) is 0 Å². The van der Waals surface area contributed by atoms with Crippen molar-refractivity contribution in [2.75, 3.05) is 13.1 Å². The van der Waals surface area contributed by atoms with Crippen LogP contribution < -0.4 is 11.1 Å². The van der Waals surface area contributed by atoms with Gasteiger partial charge in [-0.15, -0.1) is 24.0 Å². The fraction of sp³-hybridized carbons (Fsp3) is 0.500. The lowest BCUT2D eigenvalue weighted by atomic mass is 10.1. The van der Waals surface area contributed by atoms with Gasteiger partial charge in [-0.2, -0.15) is 0 Å². The van der Waals surface area contributed by atoms with Crippen molar-refractivity contribution in [3.8, 4) is 0 Å². The van der Waals surface area contributed by atoms with Gasteiger partial charge < -0.3 is 11.1 Å². The molecule has 102 valence electrons. The first-order valence-corrected chi connectivity index (χ1v) is 6.32. The van der Waals surface area contributed by atoms with Crippen LogP contribution in [-0.4, -0.2) is 19.0 Å². The van der Waals surface area contributed by atoms with Gasteiger partial charge >= 0.3 is 0 Å². The quantitative estimate of drug-likeness (QED) is 0.354. The van der Waals surface area contributed by atoms with Crippen LogP contribution in [-0.2, 0) is 6.42 Å². The number of nitrogens with two attached hydrogens (primary N) is 1. The first kappa shape index (κ1) is 17.2. The average Bonchev–Trinajstić information content (AvgIpc) is 2.32. The maximum Gasteiger partial charge on any atom is 0.188 e. The van der Waals surface area contributed by atoms with Gasteiger partial charge in [-0.25, -0.2) is 0 Å². The third kappa shape index (κ3) is 6.83. The SMILES string of the molecule is CCCCN=C(N)NCCc1ccccc1C.I. The average molecular weight is 361 g/mol. The zero-order chi connectivity index (χ0) is 12.5. The molecular weight excluding hydrogens is 337 g/mol. The lowest BCUT2D eigenvalue weighted by Crippen LogP contribution is -2.33. The van der Waals surface area contributed by atoms with Gasteiger partial charge in [0.1, 0.15) is 0 Å². The Kier molecular flexibility index (Phi) is 9.73. The van der Waals surface area contributed by atoms with Crippen molar-refractivity contribution in [3.63, 3.8) is 0 Å². The molecule has 0 aromatic heterocycles. The van der Waals surface area contributed by atoms with Gasteiger partial charge in [0.05, 0.1) is 0 Å². The molecule has 0 saturated carbocycles. The molecule has 1 aromatic carbocycles. The first-order chi connectivity index (χ1) is 8.24. The number of nitrogens with one attached hydrogen (secondary N) is 1. The molecule has 0 fully saturated rings. The molecule has 0 spiro atoms. The Labute approximate surface area is 127 Å². The van der Waals surface area contributed by atoms with Crippen LogP contribution in [0, 0.1) is 6.92 Å².